The molecule has 0 spiro atoms. The van der Waals surface area contributed by atoms with Crippen molar-refractivity contribution in [2.75, 3.05) is 37.4 Å². The molecule has 262 valence electrons. The Hall–Kier alpha value is -5.35. The predicted molar refractivity (Wildman–Crippen MR) is 175 cm³/mol. The van der Waals surface area contributed by atoms with Gasteiger partial charge >= 0.3 is 5.97 Å². The molecule has 0 saturated carbocycles. The van der Waals surface area contributed by atoms with E-state index in [1.165, 1.54) is 18.9 Å². The number of aliphatic hydroxyl groups excluding tert-OH is 1. The van der Waals surface area contributed by atoms with Crippen molar-refractivity contribution < 1.29 is 36.9 Å². The molecule has 0 unspecified atom stereocenters. The molecule has 4 heterocycles. The van der Waals surface area contributed by atoms with Crippen LogP contribution in [0, 0.1) is 11.6 Å². The number of aromatic nitrogens is 5. The molecule has 12 nitrogen and oxygen atoms in total. The fourth-order valence-electron chi connectivity index (χ4n) is 6.17. The number of anilines is 2. The fraction of sp³-hybridized carbons (Fsp3) is 0.324. The van der Waals surface area contributed by atoms with Crippen LogP contribution in [-0.4, -0.2) is 80.5 Å². The van der Waals surface area contributed by atoms with Gasteiger partial charge in [-0.15, -0.1) is 0 Å². The number of hydrogen-bond acceptors (Lipinski definition) is 11. The Bertz CT molecular complexity index is 1980. The molecule has 3 aromatic heterocycles. The second kappa shape index (κ2) is 14.6. The minimum Gasteiger partial charge on any atom is -0.479 e. The number of nitrogens with one attached hydrogen (secondary N) is 1. The molecule has 0 amide bonds. The third-order valence-electron chi connectivity index (χ3n) is 8.76. The molecule has 0 radical (unpaired) electrons. The number of esters is 1. The van der Waals surface area contributed by atoms with Crippen molar-refractivity contribution in [1.82, 2.24) is 29.8 Å². The number of rotatable bonds is 12. The van der Waals surface area contributed by atoms with Crippen molar-refractivity contribution in [2.24, 2.45) is 0 Å². The molecule has 4 N–H and O–H groups in total. The number of benzene rings is 2. The smallest absolute Gasteiger partial charge is 0.343 e. The Morgan fingerprint density at radius 3 is 2.66 bits per heavy atom. The van der Waals surface area contributed by atoms with Gasteiger partial charge in [0.25, 0.3) is 6.43 Å². The first kappa shape index (κ1) is 34.5. The lowest BCUT2D eigenvalue weighted by atomic mass is 9.82. The van der Waals surface area contributed by atoms with Crippen LogP contribution in [0.25, 0.3) is 22.4 Å². The van der Waals surface area contributed by atoms with E-state index in [9.17, 15) is 18.7 Å². The zero-order chi connectivity index (χ0) is 35.4. The average Bonchev–Trinajstić information content (AvgIpc) is 3.54. The molecule has 0 bridgehead atoms. The zero-order valence-corrected chi connectivity index (χ0v) is 26.9. The van der Waals surface area contributed by atoms with Crippen molar-refractivity contribution in [2.45, 2.75) is 44.0 Å². The number of methoxy groups -OCH3 is 1. The lowest BCUT2D eigenvalue weighted by Crippen LogP contribution is -2.65. The summed E-state index contributed by atoms with van der Waals surface area (Å²) in [6, 6.07) is 12.6. The Morgan fingerprint density at radius 1 is 1.10 bits per heavy atom. The Balaban J connectivity index is 1.39. The topological polar surface area (TPSA) is 154 Å². The van der Waals surface area contributed by atoms with Gasteiger partial charge in [-0.2, -0.15) is 0 Å². The SMILES string of the molecule is COC(=O)COc1cc(F)c(-c2cc(Cn3cnc4c(N)ncnc43)c(N3CCC[C@](NCc4ccccc4)([C@H](O)C(F)F)C3)cn2)cc1F. The second-order valence-electron chi connectivity index (χ2n) is 11.9. The number of hydrogen-bond donors (Lipinski definition) is 3. The van der Waals surface area contributed by atoms with Gasteiger partial charge in [0.05, 0.1) is 43.1 Å². The van der Waals surface area contributed by atoms with Crippen LogP contribution >= 0.6 is 0 Å². The van der Waals surface area contributed by atoms with E-state index in [0.29, 0.717) is 35.4 Å². The molecular weight excluding hydrogens is 660 g/mol. The summed E-state index contributed by atoms with van der Waals surface area (Å²) in [5.74, 6) is -2.89. The maximum Gasteiger partial charge on any atom is 0.343 e. The lowest BCUT2D eigenvalue weighted by molar-refractivity contribution is -0.142. The Morgan fingerprint density at radius 2 is 1.90 bits per heavy atom. The molecular formula is C34H34F4N8O4. The van der Waals surface area contributed by atoms with E-state index < -0.39 is 48.0 Å². The van der Waals surface area contributed by atoms with Crippen LogP contribution < -0.4 is 20.7 Å². The van der Waals surface area contributed by atoms with Crippen LogP contribution in [0.3, 0.4) is 0 Å². The van der Waals surface area contributed by atoms with E-state index in [1.807, 2.05) is 35.2 Å². The van der Waals surface area contributed by atoms with Gasteiger partial charge in [-0.1, -0.05) is 30.3 Å². The summed E-state index contributed by atoms with van der Waals surface area (Å²) in [6.07, 6.45) is -0.00166. The van der Waals surface area contributed by atoms with Crippen LogP contribution in [0.1, 0.15) is 24.0 Å². The summed E-state index contributed by atoms with van der Waals surface area (Å²) in [4.78, 5) is 30.4. The summed E-state index contributed by atoms with van der Waals surface area (Å²) >= 11 is 0. The maximum atomic E-state index is 15.5. The van der Waals surface area contributed by atoms with E-state index >= 15 is 8.78 Å². The molecule has 1 saturated heterocycles. The number of aliphatic hydroxyl groups is 1. The third kappa shape index (κ3) is 7.16. The van der Waals surface area contributed by atoms with E-state index in [0.717, 1.165) is 24.8 Å². The number of fused-ring (bicyclic) bond motifs is 1. The van der Waals surface area contributed by atoms with Crippen molar-refractivity contribution in [1.29, 1.82) is 0 Å². The quantitative estimate of drug-likeness (QED) is 0.128. The van der Waals surface area contributed by atoms with E-state index in [-0.39, 0.29) is 43.1 Å². The minimum absolute atomic E-state index is 0.00557. The first-order valence-corrected chi connectivity index (χ1v) is 15.7. The Labute approximate surface area is 283 Å². The van der Waals surface area contributed by atoms with Crippen LogP contribution in [0.4, 0.5) is 29.1 Å². The highest BCUT2D eigenvalue weighted by Crippen LogP contribution is 2.36. The van der Waals surface area contributed by atoms with Crippen molar-refractivity contribution in [3.8, 4) is 17.0 Å². The average molecular weight is 695 g/mol. The number of alkyl halides is 2. The van der Waals surface area contributed by atoms with Crippen LogP contribution in [0.5, 0.6) is 5.75 Å². The van der Waals surface area contributed by atoms with Gasteiger partial charge in [-0.25, -0.2) is 37.3 Å². The number of nitrogen functional groups attached to an aromatic ring is 1. The first-order chi connectivity index (χ1) is 24.1. The van der Waals surface area contributed by atoms with Gasteiger partial charge in [-0.3, -0.25) is 4.98 Å². The van der Waals surface area contributed by atoms with E-state index in [2.05, 4.69) is 30.0 Å². The van der Waals surface area contributed by atoms with Gasteiger partial charge in [0.15, 0.2) is 29.6 Å². The minimum atomic E-state index is -3.02. The largest absolute Gasteiger partial charge is 0.479 e. The van der Waals surface area contributed by atoms with Gasteiger partial charge in [0, 0.05) is 31.3 Å². The van der Waals surface area contributed by atoms with Crippen LogP contribution in [0.2, 0.25) is 0 Å². The highest BCUT2D eigenvalue weighted by molar-refractivity contribution is 5.81. The van der Waals surface area contributed by atoms with Gasteiger partial charge in [0.2, 0.25) is 0 Å². The monoisotopic (exact) mass is 694 g/mol. The summed E-state index contributed by atoms with van der Waals surface area (Å²) in [7, 11) is 1.14. The number of piperidine rings is 1. The highest BCUT2D eigenvalue weighted by Gasteiger charge is 2.46. The van der Waals surface area contributed by atoms with Crippen LogP contribution in [-0.2, 0) is 22.6 Å². The molecule has 2 atom stereocenters. The summed E-state index contributed by atoms with van der Waals surface area (Å²) in [6.45, 7) is 0.158. The summed E-state index contributed by atoms with van der Waals surface area (Å²) < 4.78 is 70.2. The molecule has 6 rings (SSSR count). The first-order valence-electron chi connectivity index (χ1n) is 15.7. The molecule has 0 aliphatic carbocycles. The van der Waals surface area contributed by atoms with Crippen molar-refractivity contribution in [3.05, 3.63) is 90.1 Å². The molecule has 2 aromatic carbocycles. The number of halogens is 4. The second-order valence-corrected chi connectivity index (χ2v) is 11.9. The molecule has 1 aliphatic rings. The Kier molecular flexibility index (Phi) is 10.1. The highest BCUT2D eigenvalue weighted by atomic mass is 19.3. The lowest BCUT2D eigenvalue weighted by Gasteiger charge is -2.47. The normalized spacial score (nSPS) is 16.9. The van der Waals surface area contributed by atoms with E-state index in [1.54, 1.807) is 10.6 Å². The number of carbonyl (C=O) groups is 1. The molecule has 1 fully saturated rings. The number of pyridine rings is 1. The van der Waals surface area contributed by atoms with Crippen LogP contribution in [0.15, 0.2) is 67.4 Å². The van der Waals surface area contributed by atoms with Crippen molar-refractivity contribution >= 4 is 28.6 Å². The number of imidazole rings is 1. The number of ether oxygens (including phenoxy) is 2. The summed E-state index contributed by atoms with van der Waals surface area (Å²) in [5, 5.41) is 14.1. The van der Waals surface area contributed by atoms with Gasteiger partial charge in [0.1, 0.15) is 23.8 Å². The van der Waals surface area contributed by atoms with Gasteiger partial charge < -0.3 is 35.1 Å². The van der Waals surface area contributed by atoms with Gasteiger partial charge in [-0.05, 0) is 36.1 Å². The molecule has 16 heteroatoms. The standard InChI is InChI=1S/C34H34F4N8O4/c1-49-28(47)16-50-27-12-23(35)22(11-24(27)36)25-10-21(15-46-19-43-29-32(39)41-18-42-33(29)46)26(14-40-25)45-9-5-8-34(17-45,30(48)31(37)38)44-13-20-6-3-2-4-7-20/h2-4,6-7,10-12,14,18-19,30-31,44,48H,5,8-9,13,15-17H2,1H3,(H2,39,41,42)/t30-,34-/m1/s1. The number of nitrogens with two attached hydrogens (primary N) is 1. The molecule has 5 aromatic rings. The zero-order valence-electron chi connectivity index (χ0n) is 26.9. The van der Waals surface area contributed by atoms with E-state index in [4.69, 9.17) is 10.5 Å². The fourth-order valence-corrected chi connectivity index (χ4v) is 6.17. The van der Waals surface area contributed by atoms with Crippen molar-refractivity contribution in [3.63, 3.8) is 0 Å². The third-order valence-corrected chi connectivity index (χ3v) is 8.76. The number of carbonyl (C=O) groups excluding carboxylic acids is 1. The number of nitrogens with zero attached hydrogens (tertiary/aromatic N) is 6. The summed E-state index contributed by atoms with van der Waals surface area (Å²) in [5.41, 5.74) is 7.19. The molecule has 50 heavy (non-hydrogen) atoms. The maximum absolute atomic E-state index is 15.5. The predicted octanol–water partition coefficient (Wildman–Crippen LogP) is 4.10. The molecule has 1 aliphatic heterocycles.